The maximum atomic E-state index is 11.2. The lowest BCUT2D eigenvalue weighted by Gasteiger charge is -2.27. The predicted octanol–water partition coefficient (Wildman–Crippen LogP) is -0.651. The van der Waals surface area contributed by atoms with E-state index in [1.807, 2.05) is 0 Å². The molecule has 0 aromatic carbocycles. The molecule has 2 aliphatic heterocycles. The van der Waals surface area contributed by atoms with Crippen molar-refractivity contribution in [1.82, 2.24) is 10.2 Å². The van der Waals surface area contributed by atoms with Crippen LogP contribution >= 0.6 is 0 Å². The molecule has 0 spiro atoms. The van der Waals surface area contributed by atoms with Gasteiger partial charge in [-0.25, -0.2) is 13.6 Å². The average Bonchev–Trinajstić information content (AvgIpc) is 2.67. The van der Waals surface area contributed by atoms with Crippen LogP contribution in [-0.2, 0) is 10.0 Å². The van der Waals surface area contributed by atoms with Crippen LogP contribution in [0.4, 0.5) is 0 Å². The van der Waals surface area contributed by atoms with Gasteiger partial charge in [0.1, 0.15) is 0 Å². The third-order valence-corrected chi connectivity index (χ3v) is 4.92. The summed E-state index contributed by atoms with van der Waals surface area (Å²) >= 11 is 0. The van der Waals surface area contributed by atoms with Crippen LogP contribution < -0.4 is 10.5 Å². The van der Waals surface area contributed by atoms with E-state index in [0.29, 0.717) is 18.9 Å². The van der Waals surface area contributed by atoms with Crippen molar-refractivity contribution >= 4 is 10.0 Å². The molecule has 2 aliphatic rings. The zero-order chi connectivity index (χ0) is 11.6. The molecule has 0 radical (unpaired) electrons. The van der Waals surface area contributed by atoms with Crippen LogP contribution in [0.3, 0.4) is 0 Å². The Morgan fingerprint density at radius 1 is 1.38 bits per heavy atom. The fourth-order valence-electron chi connectivity index (χ4n) is 2.68. The summed E-state index contributed by atoms with van der Waals surface area (Å²) in [5.74, 6) is 0.674. The van der Waals surface area contributed by atoms with Crippen molar-refractivity contribution in [2.24, 2.45) is 11.1 Å². The second-order valence-electron chi connectivity index (χ2n) is 4.97. The van der Waals surface area contributed by atoms with Gasteiger partial charge in [0.05, 0.1) is 5.25 Å². The maximum Gasteiger partial charge on any atom is 0.213 e. The van der Waals surface area contributed by atoms with Crippen LogP contribution in [-0.4, -0.2) is 51.3 Å². The molecule has 2 atom stereocenters. The Balaban J connectivity index is 1.80. The SMILES string of the molecule is NS(=O)(=O)C1CCN(CC2CCCNC2)C1. The van der Waals surface area contributed by atoms with E-state index < -0.39 is 10.0 Å². The van der Waals surface area contributed by atoms with Gasteiger partial charge in [0.15, 0.2) is 0 Å². The molecule has 5 nitrogen and oxygen atoms in total. The molecule has 6 heteroatoms. The van der Waals surface area contributed by atoms with Gasteiger partial charge >= 0.3 is 0 Å². The molecule has 0 bridgehead atoms. The number of likely N-dealkylation sites (tertiary alicyclic amines) is 1. The number of primary sulfonamides is 1. The highest BCUT2D eigenvalue weighted by Crippen LogP contribution is 2.18. The van der Waals surface area contributed by atoms with Crippen LogP contribution in [0.15, 0.2) is 0 Å². The number of hydrogen-bond acceptors (Lipinski definition) is 4. The molecule has 0 aromatic heterocycles. The Labute approximate surface area is 97.4 Å². The molecule has 3 N–H and O–H groups in total. The van der Waals surface area contributed by atoms with Crippen molar-refractivity contribution in [3.8, 4) is 0 Å². The lowest BCUT2D eigenvalue weighted by molar-refractivity contribution is 0.244. The third kappa shape index (κ3) is 3.16. The van der Waals surface area contributed by atoms with Gasteiger partial charge in [0, 0.05) is 13.1 Å². The average molecular weight is 247 g/mol. The second kappa shape index (κ2) is 5.00. The highest BCUT2D eigenvalue weighted by molar-refractivity contribution is 7.89. The van der Waals surface area contributed by atoms with Crippen LogP contribution in [0.25, 0.3) is 0 Å². The first-order valence-corrected chi connectivity index (χ1v) is 7.61. The normalized spacial score (nSPS) is 33.1. The van der Waals surface area contributed by atoms with Crippen molar-refractivity contribution in [3.05, 3.63) is 0 Å². The van der Waals surface area contributed by atoms with Gasteiger partial charge in [-0.15, -0.1) is 0 Å². The first-order chi connectivity index (χ1) is 7.55. The van der Waals surface area contributed by atoms with Gasteiger partial charge in [-0.3, -0.25) is 0 Å². The van der Waals surface area contributed by atoms with Crippen molar-refractivity contribution in [3.63, 3.8) is 0 Å². The molecule has 2 heterocycles. The molecule has 2 fully saturated rings. The third-order valence-electron chi connectivity index (χ3n) is 3.61. The lowest BCUT2D eigenvalue weighted by atomic mass is 9.99. The van der Waals surface area contributed by atoms with E-state index in [4.69, 9.17) is 5.14 Å². The van der Waals surface area contributed by atoms with Crippen molar-refractivity contribution in [1.29, 1.82) is 0 Å². The molecule has 16 heavy (non-hydrogen) atoms. The Hall–Kier alpha value is -0.170. The highest BCUT2D eigenvalue weighted by Gasteiger charge is 2.31. The van der Waals surface area contributed by atoms with Gasteiger partial charge in [-0.1, -0.05) is 0 Å². The van der Waals surface area contributed by atoms with Gasteiger partial charge in [0.25, 0.3) is 0 Å². The topological polar surface area (TPSA) is 75.4 Å². The van der Waals surface area contributed by atoms with E-state index in [0.717, 1.165) is 26.2 Å². The summed E-state index contributed by atoms with van der Waals surface area (Å²) in [5.41, 5.74) is 0. The number of nitrogens with zero attached hydrogens (tertiary/aromatic N) is 1. The molecular weight excluding hydrogens is 226 g/mol. The van der Waals surface area contributed by atoms with E-state index in [1.165, 1.54) is 12.8 Å². The minimum absolute atomic E-state index is 0.343. The first kappa shape index (κ1) is 12.3. The summed E-state index contributed by atoms with van der Waals surface area (Å²) in [6, 6.07) is 0. The largest absolute Gasteiger partial charge is 0.316 e. The van der Waals surface area contributed by atoms with E-state index in [2.05, 4.69) is 10.2 Å². The van der Waals surface area contributed by atoms with Crippen molar-refractivity contribution in [2.45, 2.75) is 24.5 Å². The fraction of sp³-hybridized carbons (Fsp3) is 1.00. The Bertz CT molecular complexity index is 325. The Morgan fingerprint density at radius 2 is 2.19 bits per heavy atom. The fourth-order valence-corrected chi connectivity index (χ4v) is 3.53. The zero-order valence-electron chi connectivity index (χ0n) is 9.56. The van der Waals surface area contributed by atoms with Crippen LogP contribution in [0.1, 0.15) is 19.3 Å². The monoisotopic (exact) mass is 247 g/mol. The predicted molar refractivity (Wildman–Crippen MR) is 63.5 cm³/mol. The second-order valence-corrected chi connectivity index (χ2v) is 6.82. The van der Waals surface area contributed by atoms with Crippen molar-refractivity contribution < 1.29 is 8.42 Å². The summed E-state index contributed by atoms with van der Waals surface area (Å²) in [7, 11) is -3.33. The lowest BCUT2D eigenvalue weighted by Crippen LogP contribution is -2.38. The molecule has 94 valence electrons. The minimum atomic E-state index is -3.33. The molecule has 0 amide bonds. The van der Waals surface area contributed by atoms with Crippen LogP contribution in [0.5, 0.6) is 0 Å². The number of sulfonamides is 1. The standard InChI is InChI=1S/C10H21N3O2S/c11-16(14,15)10-3-5-13(8-10)7-9-2-1-4-12-6-9/h9-10,12H,1-8H2,(H2,11,14,15). The first-order valence-electron chi connectivity index (χ1n) is 6.00. The number of nitrogens with two attached hydrogens (primary N) is 1. The van der Waals surface area contributed by atoms with Crippen LogP contribution in [0.2, 0.25) is 0 Å². The maximum absolute atomic E-state index is 11.2. The number of nitrogens with one attached hydrogen (secondary N) is 1. The van der Waals surface area contributed by atoms with E-state index in [9.17, 15) is 8.42 Å². The smallest absolute Gasteiger partial charge is 0.213 e. The Kier molecular flexibility index (Phi) is 3.84. The molecule has 2 rings (SSSR count). The minimum Gasteiger partial charge on any atom is -0.316 e. The molecule has 0 aliphatic carbocycles. The molecule has 2 unspecified atom stereocenters. The molecular formula is C10H21N3O2S. The Morgan fingerprint density at radius 3 is 2.75 bits per heavy atom. The van der Waals surface area contributed by atoms with Crippen molar-refractivity contribution in [2.75, 3.05) is 32.7 Å². The van der Waals surface area contributed by atoms with E-state index >= 15 is 0 Å². The summed E-state index contributed by atoms with van der Waals surface area (Å²) in [4.78, 5) is 2.24. The summed E-state index contributed by atoms with van der Waals surface area (Å²) in [6.45, 7) is 4.69. The van der Waals surface area contributed by atoms with Gasteiger partial charge < -0.3 is 10.2 Å². The highest BCUT2D eigenvalue weighted by atomic mass is 32.2. The number of hydrogen-bond donors (Lipinski definition) is 2. The van der Waals surface area contributed by atoms with E-state index in [1.54, 1.807) is 0 Å². The molecule has 0 saturated carbocycles. The summed E-state index contributed by atoms with van der Waals surface area (Å²) in [5, 5.41) is 8.21. The van der Waals surface area contributed by atoms with Crippen LogP contribution in [0, 0.1) is 5.92 Å². The number of piperidine rings is 1. The number of rotatable bonds is 3. The van der Waals surface area contributed by atoms with E-state index in [-0.39, 0.29) is 5.25 Å². The van der Waals surface area contributed by atoms with Gasteiger partial charge in [0.2, 0.25) is 10.0 Å². The van der Waals surface area contributed by atoms with Gasteiger partial charge in [-0.05, 0) is 44.8 Å². The summed E-state index contributed by atoms with van der Waals surface area (Å²) in [6.07, 6.45) is 3.18. The summed E-state index contributed by atoms with van der Waals surface area (Å²) < 4.78 is 22.4. The quantitative estimate of drug-likeness (QED) is 0.695. The molecule has 0 aromatic rings. The molecule has 2 saturated heterocycles. The van der Waals surface area contributed by atoms with Gasteiger partial charge in [-0.2, -0.15) is 0 Å². The zero-order valence-corrected chi connectivity index (χ0v) is 10.4.